The Labute approximate surface area is 90.0 Å². The predicted octanol–water partition coefficient (Wildman–Crippen LogP) is 0.237. The molecule has 2 unspecified atom stereocenters. The predicted molar refractivity (Wildman–Crippen MR) is 56.0 cm³/mol. The van der Waals surface area contributed by atoms with Crippen LogP contribution < -0.4 is 5.32 Å². The first-order valence-electron chi connectivity index (χ1n) is 5.67. The summed E-state index contributed by atoms with van der Waals surface area (Å²) >= 11 is 0. The number of likely N-dealkylation sites (tertiary alicyclic amines) is 1. The summed E-state index contributed by atoms with van der Waals surface area (Å²) in [5, 5.41) is 3.19. The third kappa shape index (κ3) is 1.78. The highest BCUT2D eigenvalue weighted by Gasteiger charge is 2.42. The van der Waals surface area contributed by atoms with E-state index in [1.165, 1.54) is 4.90 Å². The van der Waals surface area contributed by atoms with Gasteiger partial charge in [-0.3, -0.25) is 14.5 Å². The van der Waals surface area contributed by atoms with E-state index < -0.39 is 0 Å². The number of imide groups is 1. The number of rotatable bonds is 3. The van der Waals surface area contributed by atoms with Crippen LogP contribution in [0.2, 0.25) is 0 Å². The van der Waals surface area contributed by atoms with Crippen LogP contribution in [0.1, 0.15) is 20.3 Å². The number of amides is 2. The maximum Gasteiger partial charge on any atom is 0.232 e. The molecule has 0 aromatic rings. The van der Waals surface area contributed by atoms with Gasteiger partial charge in [-0.2, -0.15) is 0 Å². The van der Waals surface area contributed by atoms with Crippen molar-refractivity contribution in [1.82, 2.24) is 10.2 Å². The molecule has 0 aromatic heterocycles. The van der Waals surface area contributed by atoms with Gasteiger partial charge in [-0.1, -0.05) is 13.8 Å². The van der Waals surface area contributed by atoms with E-state index in [-0.39, 0.29) is 23.7 Å². The SMILES string of the molecule is CC1C(=O)N(CCC2CNC2)C(=O)C1C. The van der Waals surface area contributed by atoms with Crippen LogP contribution in [0, 0.1) is 17.8 Å². The van der Waals surface area contributed by atoms with Crippen molar-refractivity contribution in [3.8, 4) is 0 Å². The topological polar surface area (TPSA) is 49.4 Å². The summed E-state index contributed by atoms with van der Waals surface area (Å²) in [5.41, 5.74) is 0. The monoisotopic (exact) mass is 210 g/mol. The van der Waals surface area contributed by atoms with E-state index >= 15 is 0 Å². The number of hydrogen-bond acceptors (Lipinski definition) is 3. The Kier molecular flexibility index (Phi) is 2.78. The molecule has 0 saturated carbocycles. The molecule has 2 rings (SSSR count). The molecule has 2 aliphatic heterocycles. The van der Waals surface area contributed by atoms with E-state index in [0.29, 0.717) is 12.5 Å². The molecule has 0 aliphatic carbocycles. The van der Waals surface area contributed by atoms with Crippen LogP contribution in [0.15, 0.2) is 0 Å². The number of nitrogens with zero attached hydrogens (tertiary/aromatic N) is 1. The zero-order chi connectivity index (χ0) is 11.0. The minimum atomic E-state index is -0.128. The van der Waals surface area contributed by atoms with Crippen LogP contribution in [0.3, 0.4) is 0 Å². The molecule has 4 nitrogen and oxygen atoms in total. The Hall–Kier alpha value is -0.900. The maximum atomic E-state index is 11.7. The summed E-state index contributed by atoms with van der Waals surface area (Å²) in [6.45, 7) is 6.35. The van der Waals surface area contributed by atoms with E-state index in [2.05, 4.69) is 5.32 Å². The Bertz CT molecular complexity index is 266. The van der Waals surface area contributed by atoms with Crippen molar-refractivity contribution in [3.05, 3.63) is 0 Å². The first-order chi connectivity index (χ1) is 7.11. The van der Waals surface area contributed by atoms with Crippen LogP contribution in [0.25, 0.3) is 0 Å². The normalized spacial score (nSPS) is 32.3. The van der Waals surface area contributed by atoms with E-state index in [9.17, 15) is 9.59 Å². The Morgan fingerprint density at radius 2 is 1.73 bits per heavy atom. The fourth-order valence-electron chi connectivity index (χ4n) is 2.11. The average molecular weight is 210 g/mol. The largest absolute Gasteiger partial charge is 0.316 e. The summed E-state index contributed by atoms with van der Waals surface area (Å²) in [4.78, 5) is 24.9. The Morgan fingerprint density at radius 1 is 1.20 bits per heavy atom. The third-order valence-electron chi connectivity index (χ3n) is 3.69. The van der Waals surface area contributed by atoms with Gasteiger partial charge in [0.15, 0.2) is 0 Å². The number of carbonyl (C=O) groups excluding carboxylic acids is 2. The zero-order valence-electron chi connectivity index (χ0n) is 9.32. The van der Waals surface area contributed by atoms with Gasteiger partial charge in [0.05, 0.1) is 0 Å². The van der Waals surface area contributed by atoms with Crippen molar-refractivity contribution >= 4 is 11.8 Å². The smallest absolute Gasteiger partial charge is 0.232 e. The van der Waals surface area contributed by atoms with Crippen molar-refractivity contribution in [2.45, 2.75) is 20.3 Å². The molecular formula is C11H18N2O2. The minimum Gasteiger partial charge on any atom is -0.316 e. The molecule has 84 valence electrons. The lowest BCUT2D eigenvalue weighted by Crippen LogP contribution is -2.44. The van der Waals surface area contributed by atoms with Crippen LogP contribution in [-0.2, 0) is 9.59 Å². The van der Waals surface area contributed by atoms with Crippen LogP contribution >= 0.6 is 0 Å². The number of carbonyl (C=O) groups is 2. The lowest BCUT2D eigenvalue weighted by molar-refractivity contribution is -0.140. The molecule has 2 amide bonds. The molecule has 1 N–H and O–H groups in total. The number of nitrogens with one attached hydrogen (secondary N) is 1. The van der Waals surface area contributed by atoms with Crippen molar-refractivity contribution in [3.63, 3.8) is 0 Å². The van der Waals surface area contributed by atoms with Gasteiger partial charge in [-0.25, -0.2) is 0 Å². The van der Waals surface area contributed by atoms with Gasteiger partial charge >= 0.3 is 0 Å². The second-order valence-electron chi connectivity index (χ2n) is 4.72. The van der Waals surface area contributed by atoms with Crippen molar-refractivity contribution < 1.29 is 9.59 Å². The quantitative estimate of drug-likeness (QED) is 0.679. The highest BCUT2D eigenvalue weighted by molar-refractivity contribution is 6.04. The molecule has 4 heteroatoms. The highest BCUT2D eigenvalue weighted by atomic mass is 16.2. The molecule has 0 aromatic carbocycles. The Balaban J connectivity index is 1.90. The second kappa shape index (κ2) is 3.93. The van der Waals surface area contributed by atoms with Gasteiger partial charge in [0.2, 0.25) is 11.8 Å². The summed E-state index contributed by atoms with van der Waals surface area (Å²) in [6.07, 6.45) is 0.948. The van der Waals surface area contributed by atoms with Gasteiger partial charge < -0.3 is 5.32 Å². The fraction of sp³-hybridized carbons (Fsp3) is 0.818. The van der Waals surface area contributed by atoms with E-state index in [0.717, 1.165) is 19.5 Å². The molecule has 0 bridgehead atoms. The molecule has 2 atom stereocenters. The molecule has 15 heavy (non-hydrogen) atoms. The van der Waals surface area contributed by atoms with Gasteiger partial charge in [-0.05, 0) is 25.4 Å². The molecule has 2 fully saturated rings. The highest BCUT2D eigenvalue weighted by Crippen LogP contribution is 2.26. The van der Waals surface area contributed by atoms with Crippen molar-refractivity contribution in [2.75, 3.05) is 19.6 Å². The summed E-state index contributed by atoms with van der Waals surface area (Å²) in [6, 6.07) is 0. The Morgan fingerprint density at radius 3 is 2.13 bits per heavy atom. The van der Waals surface area contributed by atoms with Crippen LogP contribution in [0.4, 0.5) is 0 Å². The zero-order valence-corrected chi connectivity index (χ0v) is 9.32. The van der Waals surface area contributed by atoms with Gasteiger partial charge in [0, 0.05) is 18.4 Å². The molecule has 2 saturated heterocycles. The number of hydrogen-bond donors (Lipinski definition) is 1. The van der Waals surface area contributed by atoms with E-state index in [1.54, 1.807) is 0 Å². The van der Waals surface area contributed by atoms with Crippen molar-refractivity contribution in [2.24, 2.45) is 17.8 Å². The molecule has 2 aliphatic rings. The summed E-state index contributed by atoms with van der Waals surface area (Å²) in [7, 11) is 0. The molecule has 2 heterocycles. The van der Waals surface area contributed by atoms with Gasteiger partial charge in [-0.15, -0.1) is 0 Å². The van der Waals surface area contributed by atoms with E-state index in [4.69, 9.17) is 0 Å². The standard InChI is InChI=1S/C11H18N2O2/c1-7-8(2)11(15)13(10(7)14)4-3-9-5-12-6-9/h7-9,12H,3-6H2,1-2H3. The lowest BCUT2D eigenvalue weighted by Gasteiger charge is -2.28. The molecule has 0 radical (unpaired) electrons. The lowest BCUT2D eigenvalue weighted by atomic mass is 9.99. The summed E-state index contributed by atoms with van der Waals surface area (Å²) < 4.78 is 0. The first-order valence-corrected chi connectivity index (χ1v) is 5.67. The van der Waals surface area contributed by atoms with Crippen LogP contribution in [-0.4, -0.2) is 36.3 Å². The minimum absolute atomic E-state index is 0.0137. The van der Waals surface area contributed by atoms with E-state index in [1.807, 2.05) is 13.8 Å². The van der Waals surface area contributed by atoms with Crippen LogP contribution in [0.5, 0.6) is 0 Å². The van der Waals surface area contributed by atoms with Gasteiger partial charge in [0.25, 0.3) is 0 Å². The van der Waals surface area contributed by atoms with Crippen molar-refractivity contribution in [1.29, 1.82) is 0 Å². The fourth-order valence-corrected chi connectivity index (χ4v) is 2.11. The maximum absolute atomic E-state index is 11.7. The second-order valence-corrected chi connectivity index (χ2v) is 4.72. The molecule has 0 spiro atoms. The van der Waals surface area contributed by atoms with Gasteiger partial charge in [0.1, 0.15) is 0 Å². The average Bonchev–Trinajstić information content (AvgIpc) is 2.32. The first kappa shape index (κ1) is 10.6. The summed E-state index contributed by atoms with van der Waals surface area (Å²) in [5.74, 6) is 0.422. The molecular weight excluding hydrogens is 192 g/mol. The third-order valence-corrected chi connectivity index (χ3v) is 3.69.